The molecule has 0 bridgehead atoms. The Balaban J connectivity index is 2.65. The zero-order chi connectivity index (χ0) is 14.5. The summed E-state index contributed by atoms with van der Waals surface area (Å²) in [7, 11) is 1.18. The van der Waals surface area contributed by atoms with E-state index >= 15 is 0 Å². The Morgan fingerprint density at radius 2 is 2.16 bits per heavy atom. The zero-order valence-electron chi connectivity index (χ0n) is 11.2. The Kier molecular flexibility index (Phi) is 5.29. The maximum absolute atomic E-state index is 12.1. The van der Waals surface area contributed by atoms with Crippen LogP contribution in [0.1, 0.15) is 26.2 Å². The molecule has 0 aromatic rings. The van der Waals surface area contributed by atoms with Gasteiger partial charge in [-0.05, 0) is 26.3 Å². The maximum atomic E-state index is 12.1. The molecule has 1 amide bonds. The highest BCUT2D eigenvalue weighted by molar-refractivity contribution is 5.89. The van der Waals surface area contributed by atoms with Crippen LogP contribution in [0, 0.1) is 5.41 Å². The maximum Gasteiger partial charge on any atom is 0.326 e. The van der Waals surface area contributed by atoms with Crippen LogP contribution in [0.25, 0.3) is 0 Å². The van der Waals surface area contributed by atoms with Gasteiger partial charge in [0.25, 0.3) is 0 Å². The third-order valence-electron chi connectivity index (χ3n) is 3.35. The molecular weight excluding hydrogens is 252 g/mol. The Hall–Kier alpha value is -1.63. The molecule has 2 atom stereocenters. The summed E-state index contributed by atoms with van der Waals surface area (Å²) in [6, 6.07) is -1.25. The Bertz CT molecular complexity index is 363. The number of carboxylic acid groups (broad SMARTS) is 1. The summed E-state index contributed by atoms with van der Waals surface area (Å²) < 4.78 is 4.42. The number of nitrogens with one attached hydrogen (secondary N) is 2. The number of carbonyl (C=O) groups excluding carboxylic acids is 2. The number of esters is 1. The third kappa shape index (κ3) is 4.20. The van der Waals surface area contributed by atoms with Gasteiger partial charge in [0, 0.05) is 6.54 Å². The summed E-state index contributed by atoms with van der Waals surface area (Å²) in [5.41, 5.74) is -0.637. The van der Waals surface area contributed by atoms with Crippen LogP contribution in [-0.4, -0.2) is 49.2 Å². The summed E-state index contributed by atoms with van der Waals surface area (Å²) >= 11 is 0. The third-order valence-corrected chi connectivity index (χ3v) is 3.35. The van der Waals surface area contributed by atoms with Crippen molar-refractivity contribution in [1.82, 2.24) is 10.6 Å². The average molecular weight is 272 g/mol. The lowest BCUT2D eigenvalue weighted by atomic mass is 9.81. The van der Waals surface area contributed by atoms with Crippen molar-refractivity contribution in [2.75, 3.05) is 20.2 Å². The smallest absolute Gasteiger partial charge is 0.326 e. The monoisotopic (exact) mass is 272 g/mol. The molecule has 1 rings (SSSR count). The molecular formula is C12H20N2O5. The standard InChI is InChI=1S/C12H20N2O5/c1-12(4-3-5-13-7-12)11(18)14-8(10(16)17)6-9(15)19-2/h8,13H,3-7H2,1-2H3,(H,14,18)(H,16,17)/t8-,12?/m0/s1. The molecule has 19 heavy (non-hydrogen) atoms. The average Bonchev–Trinajstić information content (AvgIpc) is 2.38. The fourth-order valence-corrected chi connectivity index (χ4v) is 2.03. The number of ether oxygens (including phenoxy) is 1. The van der Waals surface area contributed by atoms with E-state index in [0.29, 0.717) is 13.0 Å². The molecule has 1 saturated heterocycles. The molecule has 0 aromatic carbocycles. The molecule has 108 valence electrons. The van der Waals surface area contributed by atoms with Crippen LogP contribution in [-0.2, 0) is 19.1 Å². The van der Waals surface area contributed by atoms with E-state index in [1.54, 1.807) is 6.92 Å². The van der Waals surface area contributed by atoms with Gasteiger partial charge in [0.1, 0.15) is 6.04 Å². The fourth-order valence-electron chi connectivity index (χ4n) is 2.03. The lowest BCUT2D eigenvalue weighted by Crippen LogP contribution is -2.53. The zero-order valence-corrected chi connectivity index (χ0v) is 11.2. The van der Waals surface area contributed by atoms with Gasteiger partial charge in [-0.1, -0.05) is 0 Å². The quantitative estimate of drug-likeness (QED) is 0.583. The molecule has 1 fully saturated rings. The first-order chi connectivity index (χ1) is 8.89. The predicted octanol–water partition coefficient (Wildman–Crippen LogP) is -0.491. The highest BCUT2D eigenvalue weighted by atomic mass is 16.5. The molecule has 1 unspecified atom stereocenters. The summed E-state index contributed by atoms with van der Waals surface area (Å²) in [5, 5.41) is 14.5. The van der Waals surface area contributed by atoms with Gasteiger partial charge in [0.2, 0.25) is 5.91 Å². The highest BCUT2D eigenvalue weighted by Crippen LogP contribution is 2.25. The Labute approximate surface area is 111 Å². The fraction of sp³-hybridized carbons (Fsp3) is 0.750. The van der Waals surface area contributed by atoms with Gasteiger partial charge in [-0.3, -0.25) is 9.59 Å². The van der Waals surface area contributed by atoms with Crippen molar-refractivity contribution in [3.05, 3.63) is 0 Å². The van der Waals surface area contributed by atoms with Gasteiger partial charge in [-0.25, -0.2) is 4.79 Å². The van der Waals surface area contributed by atoms with Crippen molar-refractivity contribution in [1.29, 1.82) is 0 Å². The summed E-state index contributed by atoms with van der Waals surface area (Å²) in [5.74, 6) is -2.26. The topological polar surface area (TPSA) is 105 Å². The van der Waals surface area contributed by atoms with Crippen molar-refractivity contribution >= 4 is 17.8 Å². The molecule has 0 aromatic heterocycles. The number of rotatable bonds is 5. The second-order valence-corrected chi connectivity index (χ2v) is 4.99. The first-order valence-corrected chi connectivity index (χ1v) is 6.20. The molecule has 3 N–H and O–H groups in total. The molecule has 0 saturated carbocycles. The number of hydrogen-bond donors (Lipinski definition) is 3. The minimum absolute atomic E-state index is 0.351. The van der Waals surface area contributed by atoms with Crippen LogP contribution < -0.4 is 10.6 Å². The summed E-state index contributed by atoms with van der Waals surface area (Å²) in [6.07, 6.45) is 1.18. The number of methoxy groups -OCH3 is 1. The van der Waals surface area contributed by atoms with Crippen molar-refractivity contribution in [3.8, 4) is 0 Å². The molecule has 1 aliphatic rings. The van der Waals surface area contributed by atoms with Crippen LogP contribution in [0.2, 0.25) is 0 Å². The minimum atomic E-state index is -1.25. The van der Waals surface area contributed by atoms with Gasteiger partial charge in [-0.15, -0.1) is 0 Å². The first kappa shape index (κ1) is 15.4. The molecule has 1 heterocycles. The predicted molar refractivity (Wildman–Crippen MR) is 66.4 cm³/mol. The number of carbonyl (C=O) groups is 3. The molecule has 7 nitrogen and oxygen atoms in total. The van der Waals surface area contributed by atoms with E-state index in [-0.39, 0.29) is 12.3 Å². The normalized spacial score (nSPS) is 24.3. The van der Waals surface area contributed by atoms with Gasteiger partial charge >= 0.3 is 11.9 Å². The number of piperidine rings is 1. The highest BCUT2D eigenvalue weighted by Gasteiger charge is 2.37. The Morgan fingerprint density at radius 1 is 1.47 bits per heavy atom. The van der Waals surface area contributed by atoms with E-state index in [1.807, 2.05) is 0 Å². The lowest BCUT2D eigenvalue weighted by Gasteiger charge is -2.33. The minimum Gasteiger partial charge on any atom is -0.480 e. The summed E-state index contributed by atoms with van der Waals surface area (Å²) in [4.78, 5) is 34.3. The van der Waals surface area contributed by atoms with E-state index < -0.39 is 23.4 Å². The van der Waals surface area contributed by atoms with Crippen LogP contribution >= 0.6 is 0 Å². The van der Waals surface area contributed by atoms with Crippen LogP contribution in [0.5, 0.6) is 0 Å². The van der Waals surface area contributed by atoms with E-state index in [0.717, 1.165) is 13.0 Å². The van der Waals surface area contributed by atoms with Crippen molar-refractivity contribution < 1.29 is 24.2 Å². The molecule has 0 spiro atoms. The molecule has 1 aliphatic heterocycles. The van der Waals surface area contributed by atoms with E-state index in [2.05, 4.69) is 15.4 Å². The van der Waals surface area contributed by atoms with Crippen LogP contribution in [0.4, 0.5) is 0 Å². The number of carboxylic acids is 1. The summed E-state index contributed by atoms with van der Waals surface area (Å²) in [6.45, 7) is 3.14. The van der Waals surface area contributed by atoms with E-state index in [1.165, 1.54) is 7.11 Å². The second-order valence-electron chi connectivity index (χ2n) is 4.99. The number of aliphatic carboxylic acids is 1. The molecule has 0 radical (unpaired) electrons. The lowest BCUT2D eigenvalue weighted by molar-refractivity contribution is -0.149. The van der Waals surface area contributed by atoms with Gasteiger partial charge < -0.3 is 20.5 Å². The van der Waals surface area contributed by atoms with Crippen molar-refractivity contribution in [2.24, 2.45) is 5.41 Å². The van der Waals surface area contributed by atoms with Gasteiger partial charge in [-0.2, -0.15) is 0 Å². The largest absolute Gasteiger partial charge is 0.480 e. The molecule has 7 heteroatoms. The van der Waals surface area contributed by atoms with Crippen LogP contribution in [0.15, 0.2) is 0 Å². The van der Waals surface area contributed by atoms with Crippen molar-refractivity contribution in [2.45, 2.75) is 32.2 Å². The first-order valence-electron chi connectivity index (χ1n) is 6.20. The van der Waals surface area contributed by atoms with Gasteiger partial charge in [0.05, 0.1) is 18.9 Å². The van der Waals surface area contributed by atoms with Crippen LogP contribution in [0.3, 0.4) is 0 Å². The van der Waals surface area contributed by atoms with E-state index in [9.17, 15) is 14.4 Å². The number of amides is 1. The number of hydrogen-bond acceptors (Lipinski definition) is 5. The van der Waals surface area contributed by atoms with Gasteiger partial charge in [0.15, 0.2) is 0 Å². The van der Waals surface area contributed by atoms with Crippen molar-refractivity contribution in [3.63, 3.8) is 0 Å². The molecule has 0 aliphatic carbocycles. The second kappa shape index (κ2) is 6.51. The Morgan fingerprint density at radius 3 is 2.63 bits per heavy atom. The SMILES string of the molecule is COC(=O)C[C@H](NC(=O)C1(C)CCCNC1)C(=O)O. The van der Waals surface area contributed by atoms with E-state index in [4.69, 9.17) is 5.11 Å².